The van der Waals surface area contributed by atoms with Crippen molar-refractivity contribution in [1.29, 1.82) is 0 Å². The van der Waals surface area contributed by atoms with Crippen LogP contribution in [0.25, 0.3) is 11.1 Å². The summed E-state index contributed by atoms with van der Waals surface area (Å²) in [4.78, 5) is 44.4. The number of rotatable bonds is 11. The monoisotopic (exact) mass is 612 g/mol. The van der Waals surface area contributed by atoms with Gasteiger partial charge in [-0.2, -0.15) is 11.8 Å². The van der Waals surface area contributed by atoms with Gasteiger partial charge in [0.2, 0.25) is 23.0 Å². The number of anilines is 2. The highest BCUT2D eigenvalue weighted by atomic mass is 32.2. The van der Waals surface area contributed by atoms with Crippen LogP contribution in [0.15, 0.2) is 35.3 Å². The SMILES string of the molecule is COc1cc2c(c(OC)c1OC)-c1ccc(N[C@H](CCSC)C(=O)Nc3ncc(C)s3)c(=O)cc1[C@H](NC(C)=O)CC2. The highest BCUT2D eigenvalue weighted by molar-refractivity contribution is 7.98. The first-order chi connectivity index (χ1) is 20.2. The highest BCUT2D eigenvalue weighted by Gasteiger charge is 2.30. The van der Waals surface area contributed by atoms with Gasteiger partial charge in [0.15, 0.2) is 16.6 Å². The molecule has 1 aliphatic rings. The molecule has 3 N–H and O–H groups in total. The molecule has 1 aliphatic carbocycles. The van der Waals surface area contributed by atoms with Gasteiger partial charge < -0.3 is 30.2 Å². The number of hydrogen-bond donors (Lipinski definition) is 3. The third kappa shape index (κ3) is 6.81. The van der Waals surface area contributed by atoms with Crippen molar-refractivity contribution in [2.75, 3.05) is 44.0 Å². The number of benzene rings is 1. The van der Waals surface area contributed by atoms with E-state index in [0.717, 1.165) is 16.0 Å². The van der Waals surface area contributed by atoms with Crippen LogP contribution in [0.5, 0.6) is 17.2 Å². The van der Waals surface area contributed by atoms with E-state index in [1.54, 1.807) is 45.4 Å². The maximum atomic E-state index is 13.7. The first kappa shape index (κ1) is 31.2. The summed E-state index contributed by atoms with van der Waals surface area (Å²) in [5.41, 5.74) is 3.02. The lowest BCUT2D eigenvalue weighted by atomic mass is 9.95. The van der Waals surface area contributed by atoms with Crippen molar-refractivity contribution in [3.8, 4) is 28.4 Å². The Hall–Kier alpha value is -3.77. The van der Waals surface area contributed by atoms with Crippen LogP contribution in [0, 0.1) is 6.92 Å². The quantitative estimate of drug-likeness (QED) is 0.280. The smallest absolute Gasteiger partial charge is 0.248 e. The molecule has 3 aromatic rings. The highest BCUT2D eigenvalue weighted by Crippen LogP contribution is 2.50. The Morgan fingerprint density at radius 2 is 1.90 bits per heavy atom. The van der Waals surface area contributed by atoms with Crippen molar-refractivity contribution < 1.29 is 23.8 Å². The number of methoxy groups -OCH3 is 3. The molecule has 1 heterocycles. The first-order valence-electron chi connectivity index (χ1n) is 13.5. The summed E-state index contributed by atoms with van der Waals surface area (Å²) < 4.78 is 17.1. The Balaban J connectivity index is 1.84. The molecule has 2 amide bonds. The van der Waals surface area contributed by atoms with Gasteiger partial charge in [-0.1, -0.05) is 6.07 Å². The Morgan fingerprint density at radius 3 is 2.52 bits per heavy atom. The Morgan fingerprint density at radius 1 is 1.14 bits per heavy atom. The minimum absolute atomic E-state index is 0.206. The lowest BCUT2D eigenvalue weighted by Gasteiger charge is -2.19. The Bertz CT molecular complexity index is 1530. The topological polar surface area (TPSA) is 128 Å². The molecular formula is C30H36N4O6S2. The molecule has 0 fully saturated rings. The van der Waals surface area contributed by atoms with E-state index in [4.69, 9.17) is 14.2 Å². The number of carbonyl (C=O) groups excluding carboxylic acids is 2. The van der Waals surface area contributed by atoms with Crippen LogP contribution in [0.1, 0.15) is 41.8 Å². The second-order valence-electron chi connectivity index (χ2n) is 9.84. The minimum Gasteiger partial charge on any atom is -0.493 e. The van der Waals surface area contributed by atoms with E-state index in [-0.39, 0.29) is 22.9 Å². The van der Waals surface area contributed by atoms with Crippen molar-refractivity contribution in [2.45, 2.75) is 45.2 Å². The Kier molecular flexibility index (Phi) is 10.3. The summed E-state index contributed by atoms with van der Waals surface area (Å²) in [6.07, 6.45) is 5.32. The number of aromatic nitrogens is 1. The number of nitrogens with zero attached hydrogens (tertiary/aromatic N) is 1. The zero-order valence-electron chi connectivity index (χ0n) is 24.6. The average Bonchev–Trinajstić information content (AvgIpc) is 3.23. The van der Waals surface area contributed by atoms with Crippen LogP contribution in [0.2, 0.25) is 0 Å². The number of thioether (sulfide) groups is 1. The van der Waals surface area contributed by atoms with E-state index in [1.165, 1.54) is 24.3 Å². The van der Waals surface area contributed by atoms with Crippen molar-refractivity contribution in [2.24, 2.45) is 0 Å². The Labute approximate surface area is 253 Å². The fourth-order valence-corrected chi connectivity index (χ4v) is 6.26. The lowest BCUT2D eigenvalue weighted by molar-refractivity contribution is -0.120. The molecule has 2 atom stereocenters. The molecule has 0 bridgehead atoms. The normalized spacial score (nSPS) is 14.5. The number of nitrogens with one attached hydrogen (secondary N) is 3. The third-order valence-corrected chi connectivity index (χ3v) is 8.50. The van der Waals surface area contributed by atoms with Crippen molar-refractivity contribution >= 4 is 45.7 Å². The largest absolute Gasteiger partial charge is 0.493 e. The van der Waals surface area contributed by atoms with Crippen molar-refractivity contribution in [3.05, 3.63) is 56.7 Å². The molecule has 0 radical (unpaired) electrons. The van der Waals surface area contributed by atoms with Gasteiger partial charge in [0.05, 0.1) is 33.1 Å². The molecule has 0 aliphatic heterocycles. The predicted octanol–water partition coefficient (Wildman–Crippen LogP) is 4.80. The van der Waals surface area contributed by atoms with Crippen molar-refractivity contribution in [3.63, 3.8) is 0 Å². The van der Waals surface area contributed by atoms with Crippen molar-refractivity contribution in [1.82, 2.24) is 10.3 Å². The molecule has 0 saturated heterocycles. The van der Waals surface area contributed by atoms with E-state index >= 15 is 0 Å². The van der Waals surface area contributed by atoms with E-state index < -0.39 is 12.1 Å². The molecule has 0 unspecified atom stereocenters. The molecule has 224 valence electrons. The first-order valence-corrected chi connectivity index (χ1v) is 15.7. The number of fused-ring (bicyclic) bond motifs is 3. The summed E-state index contributed by atoms with van der Waals surface area (Å²) in [7, 11) is 4.66. The van der Waals surface area contributed by atoms with Gasteiger partial charge in [-0.3, -0.25) is 14.4 Å². The van der Waals surface area contributed by atoms with Crippen LogP contribution in [0.4, 0.5) is 10.8 Å². The summed E-state index contributed by atoms with van der Waals surface area (Å²) in [6.45, 7) is 3.37. The van der Waals surface area contributed by atoms with Crippen LogP contribution >= 0.6 is 23.1 Å². The third-order valence-electron chi connectivity index (χ3n) is 7.02. The van der Waals surface area contributed by atoms with Gasteiger partial charge in [0, 0.05) is 23.6 Å². The summed E-state index contributed by atoms with van der Waals surface area (Å²) in [5, 5.41) is 9.58. The summed E-state index contributed by atoms with van der Waals surface area (Å²) in [5.74, 6) is 1.66. The van der Waals surface area contributed by atoms with Gasteiger partial charge in [-0.25, -0.2) is 4.98 Å². The molecule has 4 rings (SSSR count). The fourth-order valence-electron chi connectivity index (χ4n) is 5.12. The predicted molar refractivity (Wildman–Crippen MR) is 169 cm³/mol. The van der Waals surface area contributed by atoms with E-state index in [2.05, 4.69) is 20.9 Å². The molecule has 12 heteroatoms. The number of aryl methyl sites for hydroxylation is 2. The van der Waals surface area contributed by atoms with Gasteiger partial charge >= 0.3 is 0 Å². The van der Waals surface area contributed by atoms with Crippen LogP contribution in [0.3, 0.4) is 0 Å². The second kappa shape index (κ2) is 13.9. The zero-order valence-corrected chi connectivity index (χ0v) is 26.2. The number of carbonyl (C=O) groups is 2. The second-order valence-corrected chi connectivity index (χ2v) is 12.1. The summed E-state index contributed by atoms with van der Waals surface area (Å²) in [6, 6.07) is 5.86. The molecule has 1 aromatic heterocycles. The zero-order chi connectivity index (χ0) is 30.4. The van der Waals surface area contributed by atoms with Gasteiger partial charge in [-0.15, -0.1) is 11.3 Å². The molecule has 0 spiro atoms. The van der Waals surface area contributed by atoms with Crippen LogP contribution in [-0.4, -0.2) is 56.2 Å². The molecular weight excluding hydrogens is 576 g/mol. The number of ether oxygens (including phenoxy) is 3. The average molecular weight is 613 g/mol. The van der Waals surface area contributed by atoms with E-state index in [0.29, 0.717) is 58.5 Å². The maximum absolute atomic E-state index is 13.7. The number of hydrogen-bond acceptors (Lipinski definition) is 10. The standard InChI is InChI=1S/C30H36N4O6S2/c1-16-15-31-30(42-16)34-29(37)23(11-12-41-6)33-22-10-8-19-20(14-24(22)36)21(32-17(2)35)9-7-18-13-25(38-3)27(39-4)28(40-5)26(18)19/h8,10,13-15,21,23H,7,9,11-12H2,1-6H3,(H,32,35)(H,33,36)(H,31,34,37)/t21-,23-/m1/s1. The van der Waals surface area contributed by atoms with E-state index in [9.17, 15) is 14.4 Å². The lowest BCUT2D eigenvalue weighted by Crippen LogP contribution is -2.36. The number of thiazole rings is 1. The molecule has 42 heavy (non-hydrogen) atoms. The molecule has 0 saturated carbocycles. The van der Waals surface area contributed by atoms with Crippen LogP contribution < -0.4 is 35.6 Å². The fraction of sp³-hybridized carbons (Fsp3) is 0.400. The summed E-state index contributed by atoms with van der Waals surface area (Å²) >= 11 is 3.00. The van der Waals surface area contributed by atoms with Crippen LogP contribution in [-0.2, 0) is 16.0 Å². The molecule has 2 aromatic carbocycles. The molecule has 10 nitrogen and oxygen atoms in total. The van der Waals surface area contributed by atoms with Gasteiger partial charge in [0.25, 0.3) is 0 Å². The van der Waals surface area contributed by atoms with Gasteiger partial charge in [0.1, 0.15) is 6.04 Å². The number of amides is 2. The maximum Gasteiger partial charge on any atom is 0.248 e. The minimum atomic E-state index is -0.672. The van der Waals surface area contributed by atoms with E-state index in [1.807, 2.05) is 25.3 Å². The van der Waals surface area contributed by atoms with Gasteiger partial charge in [-0.05, 0) is 73.1 Å².